The Morgan fingerprint density at radius 1 is 0.750 bits per heavy atom. The SMILES string of the molecule is C(=Nc1ccccc1)c1ccccc1.CC. The maximum Gasteiger partial charge on any atom is 0.0629 e. The molecule has 1 nitrogen and oxygen atoms in total. The number of para-hydroxylation sites is 1. The van der Waals surface area contributed by atoms with Crippen molar-refractivity contribution in [2.24, 2.45) is 4.99 Å². The predicted molar refractivity (Wildman–Crippen MR) is 71.5 cm³/mol. The second kappa shape index (κ2) is 7.41. The molecule has 0 aliphatic rings. The number of benzene rings is 2. The first kappa shape index (κ1) is 12.2. The fourth-order valence-corrected chi connectivity index (χ4v) is 1.20. The third-order valence-corrected chi connectivity index (χ3v) is 1.92. The Labute approximate surface area is 97.5 Å². The molecule has 0 heterocycles. The van der Waals surface area contributed by atoms with E-state index in [1.807, 2.05) is 80.7 Å². The molecule has 0 radical (unpaired) electrons. The number of rotatable bonds is 2. The molecule has 2 aromatic rings. The van der Waals surface area contributed by atoms with Crippen molar-refractivity contribution >= 4 is 11.9 Å². The van der Waals surface area contributed by atoms with Crippen LogP contribution in [0.1, 0.15) is 19.4 Å². The topological polar surface area (TPSA) is 12.4 Å². The van der Waals surface area contributed by atoms with Gasteiger partial charge >= 0.3 is 0 Å². The Balaban J connectivity index is 0.000000606. The van der Waals surface area contributed by atoms with E-state index in [1.54, 1.807) is 0 Å². The van der Waals surface area contributed by atoms with Gasteiger partial charge in [-0.15, -0.1) is 0 Å². The van der Waals surface area contributed by atoms with E-state index >= 15 is 0 Å². The standard InChI is InChI=1S/C13H11N.C2H6/c1-3-7-12(8-4-1)11-14-13-9-5-2-6-10-13;1-2/h1-11H;1-2H3. The third kappa shape index (κ3) is 4.09. The molecule has 0 amide bonds. The van der Waals surface area contributed by atoms with Crippen LogP contribution in [-0.2, 0) is 0 Å². The van der Waals surface area contributed by atoms with Gasteiger partial charge in [-0.25, -0.2) is 0 Å². The summed E-state index contributed by atoms with van der Waals surface area (Å²) < 4.78 is 0. The molecule has 82 valence electrons. The third-order valence-electron chi connectivity index (χ3n) is 1.92. The molecule has 0 saturated carbocycles. The van der Waals surface area contributed by atoms with Crippen LogP contribution in [0.25, 0.3) is 0 Å². The molecule has 0 bridgehead atoms. The van der Waals surface area contributed by atoms with Crippen LogP contribution in [0.5, 0.6) is 0 Å². The average Bonchev–Trinajstić information content (AvgIpc) is 2.41. The summed E-state index contributed by atoms with van der Waals surface area (Å²) in [7, 11) is 0. The molecular formula is C15H17N. The second-order valence-corrected chi connectivity index (χ2v) is 3.00. The Hall–Kier alpha value is -1.89. The molecule has 16 heavy (non-hydrogen) atoms. The van der Waals surface area contributed by atoms with Gasteiger partial charge in [-0.05, 0) is 17.7 Å². The maximum atomic E-state index is 4.35. The molecule has 2 rings (SSSR count). The number of hydrogen-bond donors (Lipinski definition) is 0. The molecule has 2 aromatic carbocycles. The summed E-state index contributed by atoms with van der Waals surface area (Å²) in [6.07, 6.45) is 1.87. The van der Waals surface area contributed by atoms with Gasteiger partial charge in [0.25, 0.3) is 0 Å². The van der Waals surface area contributed by atoms with Crippen molar-refractivity contribution in [2.45, 2.75) is 13.8 Å². The van der Waals surface area contributed by atoms with Gasteiger partial charge in [0, 0.05) is 6.21 Å². The Bertz CT molecular complexity index is 362. The van der Waals surface area contributed by atoms with Crippen molar-refractivity contribution in [3.63, 3.8) is 0 Å². The van der Waals surface area contributed by atoms with E-state index in [2.05, 4.69) is 4.99 Å². The smallest absolute Gasteiger partial charge is 0.0629 e. The lowest BCUT2D eigenvalue weighted by Gasteiger charge is -1.92. The lowest BCUT2D eigenvalue weighted by Crippen LogP contribution is -1.77. The molecule has 0 aliphatic heterocycles. The van der Waals surface area contributed by atoms with Gasteiger partial charge in [-0.1, -0.05) is 62.4 Å². The van der Waals surface area contributed by atoms with E-state index in [-0.39, 0.29) is 0 Å². The summed E-state index contributed by atoms with van der Waals surface area (Å²) in [5, 5.41) is 0. The van der Waals surface area contributed by atoms with Crippen LogP contribution in [-0.4, -0.2) is 6.21 Å². The normalized spacial score (nSPS) is 9.62. The van der Waals surface area contributed by atoms with Crippen LogP contribution >= 0.6 is 0 Å². The van der Waals surface area contributed by atoms with Crippen molar-refractivity contribution < 1.29 is 0 Å². The zero-order valence-electron chi connectivity index (χ0n) is 9.80. The zero-order valence-corrected chi connectivity index (χ0v) is 9.80. The molecule has 0 aromatic heterocycles. The highest BCUT2D eigenvalue weighted by Gasteiger charge is 1.85. The highest BCUT2D eigenvalue weighted by atomic mass is 14.7. The molecule has 0 atom stereocenters. The summed E-state index contributed by atoms with van der Waals surface area (Å²) in [5.41, 5.74) is 2.10. The molecule has 0 saturated heterocycles. The van der Waals surface area contributed by atoms with Gasteiger partial charge in [-0.2, -0.15) is 0 Å². The first-order valence-corrected chi connectivity index (χ1v) is 5.59. The minimum absolute atomic E-state index is 0.983. The van der Waals surface area contributed by atoms with Gasteiger partial charge in [0.2, 0.25) is 0 Å². The largest absolute Gasteiger partial charge is 0.256 e. The fraction of sp³-hybridized carbons (Fsp3) is 0.133. The average molecular weight is 211 g/mol. The molecule has 0 aliphatic carbocycles. The molecular weight excluding hydrogens is 194 g/mol. The zero-order chi connectivity index (χ0) is 11.6. The van der Waals surface area contributed by atoms with Crippen LogP contribution in [0.4, 0.5) is 5.69 Å². The highest BCUT2D eigenvalue weighted by molar-refractivity contribution is 5.81. The predicted octanol–water partition coefficient (Wildman–Crippen LogP) is 4.46. The van der Waals surface area contributed by atoms with Crippen LogP contribution in [0.3, 0.4) is 0 Å². The molecule has 0 spiro atoms. The van der Waals surface area contributed by atoms with Crippen LogP contribution < -0.4 is 0 Å². The quantitative estimate of drug-likeness (QED) is 0.650. The van der Waals surface area contributed by atoms with Gasteiger partial charge in [0.05, 0.1) is 5.69 Å². The lowest BCUT2D eigenvalue weighted by atomic mass is 10.2. The van der Waals surface area contributed by atoms with Crippen LogP contribution in [0.15, 0.2) is 65.7 Å². The summed E-state index contributed by atoms with van der Waals surface area (Å²) in [6.45, 7) is 4.00. The fourth-order valence-electron chi connectivity index (χ4n) is 1.20. The van der Waals surface area contributed by atoms with E-state index < -0.39 is 0 Å². The van der Waals surface area contributed by atoms with Crippen molar-refractivity contribution in [1.82, 2.24) is 0 Å². The van der Waals surface area contributed by atoms with Crippen LogP contribution in [0, 0.1) is 0 Å². The number of nitrogens with zero attached hydrogens (tertiary/aromatic N) is 1. The van der Waals surface area contributed by atoms with Gasteiger partial charge in [0.15, 0.2) is 0 Å². The van der Waals surface area contributed by atoms with Crippen molar-refractivity contribution in [3.05, 3.63) is 66.2 Å². The maximum absolute atomic E-state index is 4.35. The first-order chi connectivity index (χ1) is 7.95. The summed E-state index contributed by atoms with van der Waals surface area (Å²) >= 11 is 0. The molecule has 0 unspecified atom stereocenters. The summed E-state index contributed by atoms with van der Waals surface area (Å²) in [5.74, 6) is 0. The molecule has 0 N–H and O–H groups in total. The number of hydrogen-bond acceptors (Lipinski definition) is 1. The van der Waals surface area contributed by atoms with Crippen molar-refractivity contribution in [2.75, 3.05) is 0 Å². The Morgan fingerprint density at radius 3 is 1.81 bits per heavy atom. The monoisotopic (exact) mass is 211 g/mol. The minimum Gasteiger partial charge on any atom is -0.256 e. The Morgan fingerprint density at radius 2 is 1.25 bits per heavy atom. The van der Waals surface area contributed by atoms with E-state index in [0.717, 1.165) is 11.3 Å². The van der Waals surface area contributed by atoms with E-state index in [0.29, 0.717) is 0 Å². The van der Waals surface area contributed by atoms with Gasteiger partial charge in [-0.3, -0.25) is 4.99 Å². The van der Waals surface area contributed by atoms with Gasteiger partial charge < -0.3 is 0 Å². The van der Waals surface area contributed by atoms with E-state index in [4.69, 9.17) is 0 Å². The van der Waals surface area contributed by atoms with E-state index in [1.165, 1.54) is 0 Å². The molecule has 0 fully saturated rings. The van der Waals surface area contributed by atoms with Crippen LogP contribution in [0.2, 0.25) is 0 Å². The Kier molecular flexibility index (Phi) is 5.64. The van der Waals surface area contributed by atoms with Crippen molar-refractivity contribution in [3.8, 4) is 0 Å². The second-order valence-electron chi connectivity index (χ2n) is 3.00. The molecule has 1 heteroatoms. The number of aliphatic imine (C=N–C) groups is 1. The highest BCUT2D eigenvalue weighted by Crippen LogP contribution is 2.09. The van der Waals surface area contributed by atoms with Crippen molar-refractivity contribution in [1.29, 1.82) is 0 Å². The van der Waals surface area contributed by atoms with Gasteiger partial charge in [0.1, 0.15) is 0 Å². The first-order valence-electron chi connectivity index (χ1n) is 5.59. The summed E-state index contributed by atoms with van der Waals surface area (Å²) in [4.78, 5) is 4.35. The minimum atomic E-state index is 0.983. The summed E-state index contributed by atoms with van der Waals surface area (Å²) in [6, 6.07) is 20.0. The van der Waals surface area contributed by atoms with E-state index in [9.17, 15) is 0 Å². The lowest BCUT2D eigenvalue weighted by molar-refractivity contribution is 1.50.